The molecule has 2 aliphatic rings. The van der Waals surface area contributed by atoms with Crippen LogP contribution < -0.4 is 25.6 Å². The highest BCUT2D eigenvalue weighted by atomic mass is 19.4. The van der Waals surface area contributed by atoms with Gasteiger partial charge in [0.1, 0.15) is 41.4 Å². The maximum absolute atomic E-state index is 12.9. The fraction of sp³-hybridized carbons (Fsp3) is 0.455. The van der Waals surface area contributed by atoms with Crippen LogP contribution in [0.2, 0.25) is 0 Å². The van der Waals surface area contributed by atoms with E-state index in [4.69, 9.17) is 15.6 Å². The summed E-state index contributed by atoms with van der Waals surface area (Å²) in [5, 5.41) is 20.7. The molecule has 0 spiro atoms. The van der Waals surface area contributed by atoms with E-state index in [1.165, 1.54) is 23.2 Å². The Balaban J connectivity index is 1.75. The maximum atomic E-state index is 12.9. The molecule has 2 aliphatic heterocycles. The number of aliphatic hydroxyl groups excluding tert-OH is 2. The van der Waals surface area contributed by atoms with Crippen molar-refractivity contribution in [1.29, 1.82) is 0 Å². The number of pyridine rings is 2. The highest BCUT2D eigenvalue weighted by Crippen LogP contribution is 2.50. The van der Waals surface area contributed by atoms with E-state index in [9.17, 15) is 27.9 Å². The maximum Gasteiger partial charge on any atom is 0.408 e. The summed E-state index contributed by atoms with van der Waals surface area (Å²) in [6, 6.07) is 2.97. The Morgan fingerprint density at radius 3 is 2.75 bits per heavy atom. The largest absolute Gasteiger partial charge is 0.489 e. The van der Waals surface area contributed by atoms with Gasteiger partial charge in [0.25, 0.3) is 5.91 Å². The molecule has 194 valence electrons. The molecule has 3 atom stereocenters. The topological polar surface area (TPSA) is 154 Å². The number of fused-ring (bicyclic) bond motifs is 4. The highest BCUT2D eigenvalue weighted by molar-refractivity contribution is 5.99. The second-order valence-electron chi connectivity index (χ2n) is 8.65. The minimum absolute atomic E-state index is 0.00515. The van der Waals surface area contributed by atoms with Crippen LogP contribution in [0.5, 0.6) is 5.75 Å². The van der Waals surface area contributed by atoms with Crippen LogP contribution in [-0.2, 0) is 5.54 Å². The zero-order valence-electron chi connectivity index (χ0n) is 19.2. The summed E-state index contributed by atoms with van der Waals surface area (Å²) in [5.74, 6) is -0.811. The van der Waals surface area contributed by atoms with E-state index in [2.05, 4.69) is 9.97 Å². The molecule has 1 unspecified atom stereocenters. The van der Waals surface area contributed by atoms with E-state index in [-0.39, 0.29) is 30.4 Å². The lowest BCUT2D eigenvalue weighted by molar-refractivity contribution is -0.149. The molecule has 0 aliphatic carbocycles. The summed E-state index contributed by atoms with van der Waals surface area (Å²) in [6.45, 7) is 0.782. The van der Waals surface area contributed by atoms with Gasteiger partial charge in [0.2, 0.25) is 0 Å². The third kappa shape index (κ3) is 4.48. The average Bonchev–Trinajstić information content (AvgIpc) is 3.22. The quantitative estimate of drug-likeness (QED) is 0.428. The molecule has 5 N–H and O–H groups in total. The van der Waals surface area contributed by atoms with Crippen LogP contribution >= 0.6 is 0 Å². The van der Waals surface area contributed by atoms with E-state index in [0.29, 0.717) is 24.3 Å². The molecule has 36 heavy (non-hydrogen) atoms. The predicted molar refractivity (Wildman–Crippen MR) is 121 cm³/mol. The van der Waals surface area contributed by atoms with Crippen molar-refractivity contribution in [2.24, 2.45) is 5.73 Å². The second kappa shape index (κ2) is 9.43. The Bertz CT molecular complexity index is 1170. The number of hydrogen-bond donors (Lipinski definition) is 4. The molecule has 2 bridgehead atoms. The lowest BCUT2D eigenvalue weighted by Crippen LogP contribution is -2.57. The standard InChI is InChI=1S/C22H25F3N6O5/c1-12(22(23,24)25)28-19(34)14-4-5-15-18(29-14)31(20(26)35)21(6-8-30(15)11-21)17-16(3-2-7-27-17)36-10-13(33)9-32/h2-5,7,12-13,32-33H,6,8-11H2,1H3,(H2,26,35)(H,28,34)/t12-,13-,21?/m1/s1. The van der Waals surface area contributed by atoms with Gasteiger partial charge in [0.15, 0.2) is 5.82 Å². The number of nitrogens with one attached hydrogen (secondary N) is 1. The Hall–Kier alpha value is -3.65. The molecule has 0 aromatic carbocycles. The second-order valence-corrected chi connectivity index (χ2v) is 8.65. The molecule has 0 radical (unpaired) electrons. The van der Waals surface area contributed by atoms with Gasteiger partial charge >= 0.3 is 12.2 Å². The first-order valence-corrected chi connectivity index (χ1v) is 11.1. The zero-order chi connectivity index (χ0) is 26.3. The number of hydrogen-bond acceptors (Lipinski definition) is 8. The van der Waals surface area contributed by atoms with Crippen LogP contribution in [0.1, 0.15) is 29.5 Å². The summed E-state index contributed by atoms with van der Waals surface area (Å²) in [5.41, 5.74) is 5.10. The summed E-state index contributed by atoms with van der Waals surface area (Å²) in [4.78, 5) is 37.1. The molecule has 3 amide bonds. The van der Waals surface area contributed by atoms with Crippen molar-refractivity contribution < 1.29 is 37.7 Å². The summed E-state index contributed by atoms with van der Waals surface area (Å²) < 4.78 is 44.5. The van der Waals surface area contributed by atoms with Crippen LogP contribution in [0.25, 0.3) is 0 Å². The van der Waals surface area contributed by atoms with E-state index in [1.54, 1.807) is 12.1 Å². The first-order chi connectivity index (χ1) is 17.0. The molecule has 1 fully saturated rings. The number of amides is 3. The van der Waals surface area contributed by atoms with E-state index >= 15 is 0 Å². The molecular formula is C22H25F3N6O5. The lowest BCUT2D eigenvalue weighted by Gasteiger charge is -2.44. The number of rotatable bonds is 7. The van der Waals surface area contributed by atoms with E-state index in [0.717, 1.165) is 6.92 Å². The van der Waals surface area contributed by atoms with Gasteiger partial charge in [-0.05, 0) is 37.6 Å². The number of alkyl halides is 3. The molecule has 11 nitrogen and oxygen atoms in total. The van der Waals surface area contributed by atoms with Crippen LogP contribution in [0.3, 0.4) is 0 Å². The first kappa shape index (κ1) is 25.4. The zero-order valence-corrected chi connectivity index (χ0v) is 19.2. The van der Waals surface area contributed by atoms with E-state index in [1.807, 2.05) is 10.2 Å². The third-order valence-corrected chi connectivity index (χ3v) is 6.23. The van der Waals surface area contributed by atoms with E-state index < -0.39 is 42.4 Å². The van der Waals surface area contributed by atoms with Gasteiger partial charge in [-0.15, -0.1) is 0 Å². The number of aromatic nitrogens is 2. The highest BCUT2D eigenvalue weighted by Gasteiger charge is 2.55. The Labute approximate surface area is 203 Å². The van der Waals surface area contributed by atoms with Gasteiger partial charge in [-0.3, -0.25) is 14.7 Å². The van der Waals surface area contributed by atoms with Crippen molar-refractivity contribution in [3.8, 4) is 5.75 Å². The number of aliphatic hydroxyl groups is 2. The third-order valence-electron chi connectivity index (χ3n) is 6.23. The van der Waals surface area contributed by atoms with Crippen LogP contribution in [0, 0.1) is 0 Å². The number of halogens is 3. The summed E-state index contributed by atoms with van der Waals surface area (Å²) in [7, 11) is 0. The lowest BCUT2D eigenvalue weighted by atomic mass is 9.89. The van der Waals surface area contributed by atoms with Gasteiger partial charge in [-0.1, -0.05) is 0 Å². The Morgan fingerprint density at radius 1 is 1.33 bits per heavy atom. The summed E-state index contributed by atoms with van der Waals surface area (Å²) in [6.07, 6.45) is -3.94. The number of urea groups is 1. The van der Waals surface area contributed by atoms with Gasteiger partial charge in [0.05, 0.1) is 12.3 Å². The number of nitrogens with two attached hydrogens (primary N) is 1. The van der Waals surface area contributed by atoms with Crippen LogP contribution in [-0.4, -0.2) is 76.7 Å². The molecule has 14 heteroatoms. The smallest absolute Gasteiger partial charge is 0.408 e. The fourth-order valence-electron chi connectivity index (χ4n) is 4.43. The molecule has 1 saturated heterocycles. The molecule has 4 rings (SSSR count). The number of anilines is 2. The Kier molecular flexibility index (Phi) is 6.66. The van der Waals surface area contributed by atoms with Crippen molar-refractivity contribution in [3.63, 3.8) is 0 Å². The predicted octanol–water partition coefficient (Wildman–Crippen LogP) is 0.894. The number of carbonyl (C=O) groups is 2. The van der Waals surface area contributed by atoms with Crippen LogP contribution in [0.15, 0.2) is 30.5 Å². The molecular weight excluding hydrogens is 485 g/mol. The number of primary amides is 1. The average molecular weight is 510 g/mol. The van der Waals surface area contributed by atoms with Crippen LogP contribution in [0.4, 0.5) is 29.5 Å². The number of nitrogens with zero attached hydrogens (tertiary/aromatic N) is 4. The monoisotopic (exact) mass is 510 g/mol. The SMILES string of the molecule is C[C@@H](NC(=O)c1ccc2c(n1)N(C(N)=O)C1(c3ncccc3OC[C@H](O)CO)CCN2C1)C(F)(F)F. The molecule has 2 aromatic rings. The Morgan fingerprint density at radius 2 is 2.08 bits per heavy atom. The van der Waals surface area contributed by atoms with Gasteiger partial charge in [-0.25, -0.2) is 9.78 Å². The summed E-state index contributed by atoms with van der Waals surface area (Å²) >= 11 is 0. The number of ether oxygens (including phenoxy) is 1. The van der Waals surface area contributed by atoms with Gasteiger partial charge < -0.3 is 30.9 Å². The number of carbonyl (C=O) groups excluding carboxylic acids is 2. The fourth-order valence-corrected chi connectivity index (χ4v) is 4.43. The van der Waals surface area contributed by atoms with Crippen molar-refractivity contribution in [2.75, 3.05) is 36.1 Å². The van der Waals surface area contributed by atoms with Crippen molar-refractivity contribution in [3.05, 3.63) is 41.9 Å². The minimum Gasteiger partial charge on any atom is -0.489 e. The molecule has 4 heterocycles. The normalized spacial score (nSPS) is 20.5. The van der Waals surface area contributed by atoms with Gasteiger partial charge in [-0.2, -0.15) is 13.2 Å². The molecule has 0 saturated carbocycles. The molecule has 2 aromatic heterocycles. The first-order valence-electron chi connectivity index (χ1n) is 11.1. The van der Waals surface area contributed by atoms with Crippen molar-refractivity contribution >= 4 is 23.4 Å². The van der Waals surface area contributed by atoms with Gasteiger partial charge in [0, 0.05) is 19.3 Å². The van der Waals surface area contributed by atoms with Crippen molar-refractivity contribution in [1.82, 2.24) is 15.3 Å². The van der Waals surface area contributed by atoms with Crippen molar-refractivity contribution in [2.45, 2.75) is 37.2 Å². The minimum atomic E-state index is -4.64.